The standard InChI is InChI=1S/C17H15F3N2O/c1-10(22-9-8-11-4-2-3-5-14(11)22)17(23)21-13-7-6-12(18)15(19)16(13)20/h2-7,10H,8-9H2,1H3,(H,21,23)/t10-/m0/s1. The smallest absolute Gasteiger partial charge is 0.246 e. The molecule has 3 rings (SSSR count). The van der Waals surface area contributed by atoms with E-state index in [1.807, 2.05) is 29.2 Å². The first-order valence-corrected chi connectivity index (χ1v) is 7.28. The molecule has 0 fully saturated rings. The summed E-state index contributed by atoms with van der Waals surface area (Å²) in [5, 5.41) is 2.32. The van der Waals surface area contributed by atoms with Crippen LogP contribution in [0, 0.1) is 17.5 Å². The molecule has 23 heavy (non-hydrogen) atoms. The number of para-hydroxylation sites is 1. The fraction of sp³-hybridized carbons (Fsp3) is 0.235. The van der Waals surface area contributed by atoms with Gasteiger partial charge in [0.1, 0.15) is 6.04 Å². The molecule has 0 aliphatic carbocycles. The van der Waals surface area contributed by atoms with E-state index in [1.165, 1.54) is 0 Å². The normalized spacial score (nSPS) is 14.5. The van der Waals surface area contributed by atoms with Gasteiger partial charge in [-0.1, -0.05) is 18.2 Å². The van der Waals surface area contributed by atoms with E-state index in [9.17, 15) is 18.0 Å². The summed E-state index contributed by atoms with van der Waals surface area (Å²) < 4.78 is 39.8. The third-order valence-corrected chi connectivity index (χ3v) is 4.06. The van der Waals surface area contributed by atoms with Crippen molar-refractivity contribution >= 4 is 17.3 Å². The van der Waals surface area contributed by atoms with Crippen LogP contribution in [-0.4, -0.2) is 18.5 Å². The molecule has 1 heterocycles. The number of hydrogen-bond donors (Lipinski definition) is 1. The van der Waals surface area contributed by atoms with Gasteiger partial charge in [-0.25, -0.2) is 13.2 Å². The van der Waals surface area contributed by atoms with Gasteiger partial charge in [0.25, 0.3) is 0 Å². The number of benzene rings is 2. The number of rotatable bonds is 3. The summed E-state index contributed by atoms with van der Waals surface area (Å²) in [6.07, 6.45) is 0.827. The van der Waals surface area contributed by atoms with Crippen molar-refractivity contribution in [3.8, 4) is 0 Å². The van der Waals surface area contributed by atoms with E-state index in [0.717, 1.165) is 29.8 Å². The predicted molar refractivity (Wildman–Crippen MR) is 81.9 cm³/mol. The maximum atomic E-state index is 13.7. The van der Waals surface area contributed by atoms with Gasteiger partial charge in [0, 0.05) is 12.2 Å². The fourth-order valence-corrected chi connectivity index (χ4v) is 2.77. The second-order valence-corrected chi connectivity index (χ2v) is 5.46. The van der Waals surface area contributed by atoms with E-state index in [0.29, 0.717) is 6.54 Å². The Morgan fingerprint density at radius 1 is 1.13 bits per heavy atom. The number of nitrogens with one attached hydrogen (secondary N) is 1. The Morgan fingerprint density at radius 3 is 2.65 bits per heavy atom. The molecule has 1 atom stereocenters. The summed E-state index contributed by atoms with van der Waals surface area (Å²) in [6.45, 7) is 2.36. The molecule has 0 spiro atoms. The summed E-state index contributed by atoms with van der Waals surface area (Å²) in [5.41, 5.74) is 1.74. The Labute approximate surface area is 131 Å². The molecule has 0 unspecified atom stereocenters. The van der Waals surface area contributed by atoms with Crippen molar-refractivity contribution in [1.82, 2.24) is 0 Å². The molecule has 0 radical (unpaired) electrons. The van der Waals surface area contributed by atoms with E-state index in [1.54, 1.807) is 6.92 Å². The fourth-order valence-electron chi connectivity index (χ4n) is 2.77. The van der Waals surface area contributed by atoms with Crippen molar-refractivity contribution in [1.29, 1.82) is 0 Å². The highest BCUT2D eigenvalue weighted by molar-refractivity contribution is 5.97. The molecule has 1 aliphatic rings. The molecule has 0 bridgehead atoms. The van der Waals surface area contributed by atoms with Crippen LogP contribution in [0.2, 0.25) is 0 Å². The zero-order valence-corrected chi connectivity index (χ0v) is 12.4. The van der Waals surface area contributed by atoms with Gasteiger partial charge in [0.05, 0.1) is 5.69 Å². The molecule has 0 aromatic heterocycles. The van der Waals surface area contributed by atoms with E-state index < -0.39 is 29.4 Å². The number of anilines is 2. The third kappa shape index (κ3) is 2.76. The molecule has 3 nitrogen and oxygen atoms in total. The maximum Gasteiger partial charge on any atom is 0.246 e. The molecule has 6 heteroatoms. The first-order chi connectivity index (χ1) is 11.0. The van der Waals surface area contributed by atoms with Gasteiger partial charge in [-0.3, -0.25) is 4.79 Å². The van der Waals surface area contributed by atoms with E-state index in [4.69, 9.17) is 0 Å². The first kappa shape index (κ1) is 15.4. The van der Waals surface area contributed by atoms with Gasteiger partial charge in [0.15, 0.2) is 17.5 Å². The zero-order chi connectivity index (χ0) is 16.6. The monoisotopic (exact) mass is 320 g/mol. The van der Waals surface area contributed by atoms with Crippen molar-refractivity contribution in [3.05, 3.63) is 59.4 Å². The van der Waals surface area contributed by atoms with Gasteiger partial charge in [-0.2, -0.15) is 0 Å². The van der Waals surface area contributed by atoms with Crippen LogP contribution in [0.4, 0.5) is 24.5 Å². The minimum atomic E-state index is -1.60. The molecule has 1 amide bonds. The van der Waals surface area contributed by atoms with Gasteiger partial charge in [-0.05, 0) is 37.1 Å². The van der Waals surface area contributed by atoms with Crippen LogP contribution in [0.25, 0.3) is 0 Å². The van der Waals surface area contributed by atoms with E-state index in [-0.39, 0.29) is 5.69 Å². The molecule has 1 N–H and O–H groups in total. The van der Waals surface area contributed by atoms with Crippen LogP contribution in [0.1, 0.15) is 12.5 Å². The second-order valence-electron chi connectivity index (χ2n) is 5.46. The highest BCUT2D eigenvalue weighted by Gasteiger charge is 2.28. The van der Waals surface area contributed by atoms with Crippen molar-refractivity contribution in [2.75, 3.05) is 16.8 Å². The number of hydrogen-bond acceptors (Lipinski definition) is 2. The summed E-state index contributed by atoms with van der Waals surface area (Å²) >= 11 is 0. The lowest BCUT2D eigenvalue weighted by Crippen LogP contribution is -2.41. The molecule has 2 aromatic rings. The van der Waals surface area contributed by atoms with Gasteiger partial charge < -0.3 is 10.2 Å². The largest absolute Gasteiger partial charge is 0.359 e. The van der Waals surface area contributed by atoms with Crippen molar-refractivity contribution in [3.63, 3.8) is 0 Å². The van der Waals surface area contributed by atoms with Crippen LogP contribution in [0.5, 0.6) is 0 Å². The van der Waals surface area contributed by atoms with Crippen molar-refractivity contribution in [2.45, 2.75) is 19.4 Å². The Bertz CT molecular complexity index is 763. The molecule has 2 aromatic carbocycles. The minimum absolute atomic E-state index is 0.367. The summed E-state index contributed by atoms with van der Waals surface area (Å²) in [4.78, 5) is 14.2. The third-order valence-electron chi connectivity index (χ3n) is 4.06. The second kappa shape index (κ2) is 5.95. The molecule has 0 saturated carbocycles. The molecule has 120 valence electrons. The lowest BCUT2D eigenvalue weighted by Gasteiger charge is -2.26. The average molecular weight is 320 g/mol. The van der Waals surface area contributed by atoms with E-state index in [2.05, 4.69) is 5.32 Å². The zero-order valence-electron chi connectivity index (χ0n) is 12.4. The number of halogens is 3. The van der Waals surface area contributed by atoms with Crippen LogP contribution in [0.15, 0.2) is 36.4 Å². The lowest BCUT2D eigenvalue weighted by atomic mass is 10.1. The quantitative estimate of drug-likeness (QED) is 0.878. The van der Waals surface area contributed by atoms with Crippen molar-refractivity contribution in [2.24, 2.45) is 0 Å². The molecule has 0 saturated heterocycles. The van der Waals surface area contributed by atoms with E-state index >= 15 is 0 Å². The average Bonchev–Trinajstić information content (AvgIpc) is 2.98. The van der Waals surface area contributed by atoms with Crippen LogP contribution < -0.4 is 10.2 Å². The van der Waals surface area contributed by atoms with Gasteiger partial charge >= 0.3 is 0 Å². The Kier molecular flexibility index (Phi) is 3.98. The lowest BCUT2D eigenvalue weighted by molar-refractivity contribution is -0.117. The Balaban J connectivity index is 1.78. The minimum Gasteiger partial charge on any atom is -0.359 e. The number of carbonyl (C=O) groups excluding carboxylic acids is 1. The van der Waals surface area contributed by atoms with Crippen molar-refractivity contribution < 1.29 is 18.0 Å². The van der Waals surface area contributed by atoms with Crippen LogP contribution >= 0.6 is 0 Å². The number of carbonyl (C=O) groups is 1. The first-order valence-electron chi connectivity index (χ1n) is 7.28. The number of fused-ring (bicyclic) bond motifs is 1. The summed E-state index contributed by atoms with van der Waals surface area (Å²) in [5.74, 6) is -4.76. The molecule has 1 aliphatic heterocycles. The predicted octanol–water partition coefficient (Wildman–Crippen LogP) is 3.49. The Hall–Kier alpha value is -2.50. The summed E-state index contributed by atoms with van der Waals surface area (Å²) in [7, 11) is 0. The Morgan fingerprint density at radius 2 is 1.87 bits per heavy atom. The van der Waals surface area contributed by atoms with Crippen LogP contribution in [0.3, 0.4) is 0 Å². The summed E-state index contributed by atoms with van der Waals surface area (Å²) in [6, 6.07) is 8.96. The topological polar surface area (TPSA) is 32.3 Å². The van der Waals surface area contributed by atoms with Crippen LogP contribution in [-0.2, 0) is 11.2 Å². The number of nitrogens with zero attached hydrogens (tertiary/aromatic N) is 1. The number of amides is 1. The SMILES string of the molecule is C[C@@H](C(=O)Nc1ccc(F)c(F)c1F)N1CCc2ccccc21. The highest BCUT2D eigenvalue weighted by Crippen LogP contribution is 2.29. The molecular formula is C17H15F3N2O. The highest BCUT2D eigenvalue weighted by atomic mass is 19.2. The van der Waals surface area contributed by atoms with Gasteiger partial charge in [-0.15, -0.1) is 0 Å². The molecular weight excluding hydrogens is 305 g/mol. The van der Waals surface area contributed by atoms with Gasteiger partial charge in [0.2, 0.25) is 5.91 Å². The maximum absolute atomic E-state index is 13.7.